The van der Waals surface area contributed by atoms with Crippen LogP contribution < -0.4 is 4.74 Å². The van der Waals surface area contributed by atoms with E-state index in [-0.39, 0.29) is 16.9 Å². The molecular weight excluding hydrogens is 330 g/mol. The van der Waals surface area contributed by atoms with E-state index in [2.05, 4.69) is 15.9 Å². The number of ether oxygens (including phenoxy) is 1. The average molecular weight is 343 g/mol. The van der Waals surface area contributed by atoms with Gasteiger partial charge in [-0.1, -0.05) is 22.0 Å². The zero-order chi connectivity index (χ0) is 14.9. The Kier molecular flexibility index (Phi) is 4.11. The summed E-state index contributed by atoms with van der Waals surface area (Å²) in [5.41, 5.74) is -1.99. The number of rotatable bonds is 3. The number of hydrogen-bond donors (Lipinski definition) is 1. The highest BCUT2D eigenvalue weighted by Gasteiger charge is 2.34. The quantitative estimate of drug-likeness (QED) is 0.913. The van der Waals surface area contributed by atoms with Crippen LogP contribution in [0.4, 0.5) is 8.78 Å². The maximum Gasteiger partial charge on any atom is 0.133 e. The summed E-state index contributed by atoms with van der Waals surface area (Å²) in [5.74, 6) is -1.12. The van der Waals surface area contributed by atoms with Gasteiger partial charge in [-0.15, -0.1) is 0 Å². The van der Waals surface area contributed by atoms with Crippen molar-refractivity contribution in [2.45, 2.75) is 12.5 Å². The fourth-order valence-corrected chi connectivity index (χ4v) is 2.51. The summed E-state index contributed by atoms with van der Waals surface area (Å²) < 4.78 is 33.7. The maximum atomic E-state index is 14.1. The molecule has 2 rings (SSSR count). The Labute approximate surface area is 124 Å². The van der Waals surface area contributed by atoms with E-state index >= 15 is 0 Å². The number of hydrogen-bond acceptors (Lipinski definition) is 2. The van der Waals surface area contributed by atoms with Crippen LogP contribution in [0.1, 0.15) is 18.1 Å². The second-order valence-electron chi connectivity index (χ2n) is 4.51. The van der Waals surface area contributed by atoms with Crippen molar-refractivity contribution in [3.63, 3.8) is 0 Å². The summed E-state index contributed by atoms with van der Waals surface area (Å²) in [4.78, 5) is 0. The van der Waals surface area contributed by atoms with Crippen molar-refractivity contribution in [3.05, 3.63) is 63.6 Å². The van der Waals surface area contributed by atoms with Crippen molar-refractivity contribution >= 4 is 15.9 Å². The van der Waals surface area contributed by atoms with E-state index in [0.29, 0.717) is 4.47 Å². The smallest absolute Gasteiger partial charge is 0.133 e. The van der Waals surface area contributed by atoms with Gasteiger partial charge in [0, 0.05) is 10.0 Å². The maximum absolute atomic E-state index is 14.1. The molecule has 0 aromatic heterocycles. The third-order valence-electron chi connectivity index (χ3n) is 3.13. The molecule has 0 bridgehead atoms. The Morgan fingerprint density at radius 2 is 1.85 bits per heavy atom. The molecule has 20 heavy (non-hydrogen) atoms. The molecular formula is C15H13BrF2O2. The van der Waals surface area contributed by atoms with E-state index in [1.54, 1.807) is 0 Å². The zero-order valence-corrected chi connectivity index (χ0v) is 12.5. The largest absolute Gasteiger partial charge is 0.496 e. The summed E-state index contributed by atoms with van der Waals surface area (Å²) in [6.45, 7) is 1.33. The van der Waals surface area contributed by atoms with E-state index in [1.165, 1.54) is 50.4 Å². The van der Waals surface area contributed by atoms with Gasteiger partial charge < -0.3 is 9.84 Å². The van der Waals surface area contributed by atoms with Crippen LogP contribution in [0.2, 0.25) is 0 Å². The zero-order valence-electron chi connectivity index (χ0n) is 11.0. The van der Waals surface area contributed by atoms with Crippen LogP contribution in [0.25, 0.3) is 0 Å². The average Bonchev–Trinajstić information content (AvgIpc) is 2.40. The standard InChI is InChI=1S/C15H13BrF2O2/c1-15(19,10-8-9(16)6-7-11(10)17)14-12(18)4-3-5-13(14)20-2/h3-8,19H,1-2H3. The van der Waals surface area contributed by atoms with Crippen LogP contribution in [0.3, 0.4) is 0 Å². The lowest BCUT2D eigenvalue weighted by Gasteiger charge is -2.27. The fourth-order valence-electron chi connectivity index (χ4n) is 2.15. The molecule has 2 nitrogen and oxygen atoms in total. The molecule has 0 heterocycles. The normalized spacial score (nSPS) is 13.9. The van der Waals surface area contributed by atoms with Crippen LogP contribution in [-0.4, -0.2) is 12.2 Å². The van der Waals surface area contributed by atoms with Gasteiger partial charge >= 0.3 is 0 Å². The molecule has 0 amide bonds. The molecule has 0 aliphatic rings. The van der Waals surface area contributed by atoms with E-state index < -0.39 is 17.2 Å². The third-order valence-corrected chi connectivity index (χ3v) is 3.63. The van der Waals surface area contributed by atoms with Gasteiger partial charge in [0.15, 0.2) is 0 Å². The van der Waals surface area contributed by atoms with E-state index in [4.69, 9.17) is 4.74 Å². The predicted molar refractivity (Wildman–Crippen MR) is 75.7 cm³/mol. The molecule has 1 unspecified atom stereocenters. The first kappa shape index (κ1) is 14.9. The molecule has 0 saturated heterocycles. The lowest BCUT2D eigenvalue weighted by molar-refractivity contribution is 0.0903. The lowest BCUT2D eigenvalue weighted by Crippen LogP contribution is -2.26. The van der Waals surface area contributed by atoms with Crippen LogP contribution in [0, 0.1) is 11.6 Å². The Hall–Kier alpha value is -1.46. The Bertz CT molecular complexity index is 642. The summed E-state index contributed by atoms with van der Waals surface area (Å²) in [6.07, 6.45) is 0. The molecule has 0 fully saturated rings. The van der Waals surface area contributed by atoms with Crippen molar-refractivity contribution in [2.24, 2.45) is 0 Å². The molecule has 0 saturated carbocycles. The van der Waals surface area contributed by atoms with Gasteiger partial charge in [0.25, 0.3) is 0 Å². The first-order chi connectivity index (χ1) is 9.37. The highest BCUT2D eigenvalue weighted by molar-refractivity contribution is 9.10. The number of halogens is 3. The molecule has 0 aliphatic carbocycles. The second kappa shape index (κ2) is 5.50. The van der Waals surface area contributed by atoms with Crippen molar-refractivity contribution < 1.29 is 18.6 Å². The molecule has 2 aromatic carbocycles. The molecule has 2 aromatic rings. The van der Waals surface area contributed by atoms with E-state index in [1.807, 2.05) is 0 Å². The molecule has 5 heteroatoms. The van der Waals surface area contributed by atoms with Gasteiger partial charge in [-0.2, -0.15) is 0 Å². The molecule has 0 spiro atoms. The Balaban J connectivity index is 2.69. The summed E-state index contributed by atoms with van der Waals surface area (Å²) in [6, 6.07) is 8.31. The van der Waals surface area contributed by atoms with Crippen LogP contribution in [-0.2, 0) is 5.60 Å². The summed E-state index contributed by atoms with van der Waals surface area (Å²) >= 11 is 3.21. The highest BCUT2D eigenvalue weighted by Crippen LogP contribution is 2.38. The Morgan fingerprint density at radius 1 is 1.15 bits per heavy atom. The van der Waals surface area contributed by atoms with Gasteiger partial charge in [-0.3, -0.25) is 0 Å². The van der Waals surface area contributed by atoms with Crippen LogP contribution >= 0.6 is 15.9 Å². The minimum atomic E-state index is -1.86. The number of methoxy groups -OCH3 is 1. The SMILES string of the molecule is COc1cccc(F)c1C(C)(O)c1cc(Br)ccc1F. The molecule has 0 radical (unpaired) electrons. The van der Waals surface area contributed by atoms with Crippen molar-refractivity contribution in [2.75, 3.05) is 7.11 Å². The van der Waals surface area contributed by atoms with Crippen molar-refractivity contribution in [3.8, 4) is 5.75 Å². The third kappa shape index (κ3) is 2.55. The Morgan fingerprint density at radius 3 is 2.50 bits per heavy atom. The lowest BCUT2D eigenvalue weighted by atomic mass is 9.87. The predicted octanol–water partition coefficient (Wildman–Crippen LogP) is 3.99. The molecule has 0 aliphatic heterocycles. The minimum Gasteiger partial charge on any atom is -0.496 e. The summed E-state index contributed by atoms with van der Waals surface area (Å²) in [5, 5.41) is 10.7. The molecule has 1 atom stereocenters. The van der Waals surface area contributed by atoms with Crippen LogP contribution in [0.5, 0.6) is 5.75 Å². The first-order valence-electron chi connectivity index (χ1n) is 5.88. The highest BCUT2D eigenvalue weighted by atomic mass is 79.9. The second-order valence-corrected chi connectivity index (χ2v) is 5.43. The van der Waals surface area contributed by atoms with Gasteiger partial charge in [-0.25, -0.2) is 8.78 Å². The van der Waals surface area contributed by atoms with Crippen molar-refractivity contribution in [1.82, 2.24) is 0 Å². The molecule has 1 N–H and O–H groups in total. The van der Waals surface area contributed by atoms with E-state index in [9.17, 15) is 13.9 Å². The molecule has 106 valence electrons. The van der Waals surface area contributed by atoms with Gasteiger partial charge in [0.2, 0.25) is 0 Å². The first-order valence-corrected chi connectivity index (χ1v) is 6.68. The van der Waals surface area contributed by atoms with Gasteiger partial charge in [0.1, 0.15) is 23.0 Å². The van der Waals surface area contributed by atoms with Crippen LogP contribution in [0.15, 0.2) is 40.9 Å². The van der Waals surface area contributed by atoms with Crippen molar-refractivity contribution in [1.29, 1.82) is 0 Å². The number of benzene rings is 2. The fraction of sp³-hybridized carbons (Fsp3) is 0.200. The van der Waals surface area contributed by atoms with E-state index in [0.717, 1.165) is 0 Å². The number of aliphatic hydroxyl groups is 1. The minimum absolute atomic E-state index is 0.0322. The topological polar surface area (TPSA) is 29.5 Å². The summed E-state index contributed by atoms with van der Waals surface area (Å²) in [7, 11) is 1.37. The van der Waals surface area contributed by atoms with Gasteiger partial charge in [-0.05, 0) is 37.3 Å². The monoisotopic (exact) mass is 342 g/mol. The van der Waals surface area contributed by atoms with Gasteiger partial charge in [0.05, 0.1) is 12.7 Å².